The summed E-state index contributed by atoms with van der Waals surface area (Å²) in [5.74, 6) is 2.81. The zero-order valence-electron chi connectivity index (χ0n) is 29.5. The van der Waals surface area contributed by atoms with Crippen molar-refractivity contribution in [1.82, 2.24) is 0 Å². The van der Waals surface area contributed by atoms with Crippen molar-refractivity contribution in [3.63, 3.8) is 0 Å². The molecular formula is C46H48Br2O3. The maximum absolute atomic E-state index is 14.4. The minimum absolute atomic E-state index is 0.127. The first kappa shape index (κ1) is 36.0. The van der Waals surface area contributed by atoms with Crippen LogP contribution >= 0.6 is 31.9 Å². The third kappa shape index (κ3) is 9.15. The minimum atomic E-state index is 0.127. The van der Waals surface area contributed by atoms with E-state index in [-0.39, 0.29) is 5.78 Å². The maximum atomic E-state index is 14.4. The third-order valence-electron chi connectivity index (χ3n) is 10.9. The lowest BCUT2D eigenvalue weighted by Gasteiger charge is -2.24. The molecule has 0 aromatic heterocycles. The van der Waals surface area contributed by atoms with Crippen LogP contribution in [0, 0.1) is 0 Å². The van der Waals surface area contributed by atoms with Crippen LogP contribution in [-0.2, 0) is 18.0 Å². The van der Waals surface area contributed by atoms with E-state index < -0.39 is 0 Å². The van der Waals surface area contributed by atoms with Gasteiger partial charge in [-0.25, -0.2) is 0 Å². The molecule has 3 nitrogen and oxygen atoms in total. The molecule has 0 unspecified atom stereocenters. The van der Waals surface area contributed by atoms with Crippen LogP contribution in [0.1, 0.15) is 129 Å². The fourth-order valence-corrected chi connectivity index (χ4v) is 9.36. The van der Waals surface area contributed by atoms with E-state index in [9.17, 15) is 4.79 Å². The molecule has 7 rings (SSSR count). The molecule has 0 bridgehead atoms. The van der Waals surface area contributed by atoms with Gasteiger partial charge in [0.15, 0.2) is 5.78 Å². The number of rotatable bonds is 10. The molecule has 0 heterocycles. The number of halogens is 2. The van der Waals surface area contributed by atoms with Gasteiger partial charge in [-0.05, 0) is 147 Å². The van der Waals surface area contributed by atoms with E-state index in [1.807, 2.05) is 36.4 Å². The van der Waals surface area contributed by atoms with Crippen molar-refractivity contribution in [2.45, 2.75) is 109 Å². The Kier molecular flexibility index (Phi) is 12.3. The Labute approximate surface area is 320 Å². The van der Waals surface area contributed by atoms with Gasteiger partial charge in [0.25, 0.3) is 0 Å². The molecule has 0 aliphatic heterocycles. The van der Waals surface area contributed by atoms with Crippen LogP contribution in [-0.4, -0.2) is 5.78 Å². The smallest absolute Gasteiger partial charge is 0.185 e. The van der Waals surface area contributed by atoms with Gasteiger partial charge < -0.3 is 9.47 Å². The van der Waals surface area contributed by atoms with Gasteiger partial charge in [-0.15, -0.1) is 0 Å². The monoisotopic (exact) mass is 806 g/mol. The molecule has 3 aliphatic rings. The Bertz CT molecular complexity index is 1730. The summed E-state index contributed by atoms with van der Waals surface area (Å²) in [7, 11) is 0. The summed E-state index contributed by atoms with van der Waals surface area (Å²) in [5.41, 5.74) is 8.57. The Morgan fingerprint density at radius 3 is 1.37 bits per heavy atom. The molecule has 0 N–H and O–H groups in total. The van der Waals surface area contributed by atoms with Gasteiger partial charge in [-0.2, -0.15) is 0 Å². The summed E-state index contributed by atoms with van der Waals surface area (Å²) >= 11 is 7.78. The summed E-state index contributed by atoms with van der Waals surface area (Å²) in [6.07, 6.45) is 19.2. The van der Waals surface area contributed by atoms with Crippen LogP contribution in [0.4, 0.5) is 0 Å². The second-order valence-corrected chi connectivity index (χ2v) is 16.3. The molecule has 3 saturated carbocycles. The third-order valence-corrected chi connectivity index (χ3v) is 12.1. The highest BCUT2D eigenvalue weighted by Crippen LogP contribution is 2.43. The zero-order valence-corrected chi connectivity index (χ0v) is 32.7. The molecule has 3 fully saturated rings. The lowest BCUT2D eigenvalue weighted by atomic mass is 9.82. The SMILES string of the molecule is O=C1/C(=C/c2cc(C3CCCCC3)cc(Br)c2OCc2ccccc2)CCC/C1=C\c1cc(C2CCCCC2)cc(Br)c1OCc1ccccc1. The summed E-state index contributed by atoms with van der Waals surface area (Å²) in [6, 6.07) is 29.6. The van der Waals surface area contributed by atoms with Crippen molar-refractivity contribution in [3.05, 3.63) is 138 Å². The lowest BCUT2D eigenvalue weighted by Crippen LogP contribution is -2.13. The zero-order chi connectivity index (χ0) is 35.0. The molecule has 0 radical (unpaired) electrons. The van der Waals surface area contributed by atoms with E-state index in [4.69, 9.17) is 9.47 Å². The molecule has 3 aliphatic carbocycles. The fourth-order valence-electron chi connectivity index (χ4n) is 8.15. The molecule has 0 spiro atoms. The number of ether oxygens (including phenoxy) is 2. The quantitative estimate of drug-likeness (QED) is 0.150. The van der Waals surface area contributed by atoms with E-state index >= 15 is 0 Å². The Morgan fingerprint density at radius 1 is 0.549 bits per heavy atom. The number of Topliss-reactive ketones (excluding diaryl/α,β-unsaturated/α-hetero) is 1. The number of carbonyl (C=O) groups excluding carboxylic acids is 1. The van der Waals surface area contributed by atoms with Crippen molar-refractivity contribution in [1.29, 1.82) is 0 Å². The first-order chi connectivity index (χ1) is 25.0. The van der Waals surface area contributed by atoms with Crippen LogP contribution in [0.3, 0.4) is 0 Å². The fraction of sp³-hybridized carbons (Fsp3) is 0.370. The largest absolute Gasteiger partial charge is 0.487 e. The van der Waals surface area contributed by atoms with Crippen molar-refractivity contribution in [2.24, 2.45) is 0 Å². The predicted molar refractivity (Wildman–Crippen MR) is 216 cm³/mol. The minimum Gasteiger partial charge on any atom is -0.487 e. The van der Waals surface area contributed by atoms with E-state index in [1.54, 1.807) is 0 Å². The number of ketones is 1. The first-order valence-corrected chi connectivity index (χ1v) is 20.6. The summed E-state index contributed by atoms with van der Waals surface area (Å²) in [4.78, 5) is 14.4. The standard InChI is InChI=1S/C46H48Br2O3/c47-42-28-38(34-18-9-3-10-19-34)26-40(45(42)50-30-32-14-5-1-6-15-32)24-36-22-13-23-37(44(36)49)25-41-27-39(35-20-11-4-12-21-35)29-43(48)46(41)51-31-33-16-7-2-8-17-33/h1-2,5-8,14-17,24-29,34-35H,3-4,9-13,18-23,30-31H2/b36-24+,37-25+. The summed E-state index contributed by atoms with van der Waals surface area (Å²) < 4.78 is 15.0. The van der Waals surface area contributed by atoms with Crippen molar-refractivity contribution in [3.8, 4) is 11.5 Å². The van der Waals surface area contributed by atoms with Crippen LogP contribution in [0.15, 0.2) is 105 Å². The highest BCUT2D eigenvalue weighted by Gasteiger charge is 2.25. The molecule has 0 amide bonds. The predicted octanol–water partition coefficient (Wildman–Crippen LogP) is 13.7. The van der Waals surface area contributed by atoms with Gasteiger partial charge in [0.2, 0.25) is 0 Å². The Morgan fingerprint density at radius 2 is 0.961 bits per heavy atom. The van der Waals surface area contributed by atoms with Crippen LogP contribution in [0.2, 0.25) is 0 Å². The second kappa shape index (κ2) is 17.4. The number of benzene rings is 4. The molecule has 0 atom stereocenters. The number of hydrogen-bond donors (Lipinski definition) is 0. The topological polar surface area (TPSA) is 35.5 Å². The molecule has 4 aromatic carbocycles. The molecule has 51 heavy (non-hydrogen) atoms. The highest BCUT2D eigenvalue weighted by molar-refractivity contribution is 9.11. The summed E-state index contributed by atoms with van der Waals surface area (Å²) in [5, 5.41) is 0. The van der Waals surface area contributed by atoms with Crippen molar-refractivity contribution in [2.75, 3.05) is 0 Å². The van der Waals surface area contributed by atoms with E-state index in [0.717, 1.165) is 73.1 Å². The number of hydrogen-bond acceptors (Lipinski definition) is 3. The van der Waals surface area contributed by atoms with Crippen molar-refractivity contribution >= 4 is 49.8 Å². The lowest BCUT2D eigenvalue weighted by molar-refractivity contribution is -0.112. The average molecular weight is 809 g/mol. The van der Waals surface area contributed by atoms with E-state index in [2.05, 4.69) is 92.5 Å². The molecule has 264 valence electrons. The van der Waals surface area contributed by atoms with Crippen molar-refractivity contribution < 1.29 is 14.3 Å². The molecular weight excluding hydrogens is 760 g/mol. The van der Waals surface area contributed by atoms with Gasteiger partial charge in [0, 0.05) is 22.3 Å². The van der Waals surface area contributed by atoms with E-state index in [0.29, 0.717) is 25.0 Å². The van der Waals surface area contributed by atoms with E-state index in [1.165, 1.54) is 75.3 Å². The Hall–Kier alpha value is -3.41. The maximum Gasteiger partial charge on any atom is 0.185 e. The molecule has 5 heteroatoms. The average Bonchev–Trinajstić information content (AvgIpc) is 3.17. The van der Waals surface area contributed by atoms with Gasteiger partial charge >= 0.3 is 0 Å². The summed E-state index contributed by atoms with van der Waals surface area (Å²) in [6.45, 7) is 0.935. The Balaban J connectivity index is 1.23. The normalized spacial score (nSPS) is 19.1. The van der Waals surface area contributed by atoms with Crippen LogP contribution in [0.5, 0.6) is 11.5 Å². The number of carbonyl (C=O) groups is 1. The van der Waals surface area contributed by atoms with Gasteiger partial charge in [-0.3, -0.25) is 4.79 Å². The molecule has 4 aromatic rings. The second-order valence-electron chi connectivity index (χ2n) is 14.6. The number of allylic oxidation sites excluding steroid dienone is 2. The van der Waals surface area contributed by atoms with Gasteiger partial charge in [-0.1, -0.05) is 99.2 Å². The van der Waals surface area contributed by atoms with Gasteiger partial charge in [0.1, 0.15) is 24.7 Å². The first-order valence-electron chi connectivity index (χ1n) is 19.0. The molecule has 0 saturated heterocycles. The van der Waals surface area contributed by atoms with Crippen LogP contribution in [0.25, 0.3) is 12.2 Å². The van der Waals surface area contributed by atoms with Gasteiger partial charge in [0.05, 0.1) is 8.95 Å². The van der Waals surface area contributed by atoms with Crippen LogP contribution < -0.4 is 9.47 Å². The highest BCUT2D eigenvalue weighted by atomic mass is 79.9.